The Morgan fingerprint density at radius 2 is 1.84 bits per heavy atom. The summed E-state index contributed by atoms with van der Waals surface area (Å²) in [5.74, 6) is 0. The fraction of sp³-hybridized carbons (Fsp3) is 0.188. The highest BCUT2D eigenvalue weighted by atomic mass is 16.3. The van der Waals surface area contributed by atoms with Crippen LogP contribution < -0.4 is 5.32 Å². The van der Waals surface area contributed by atoms with Crippen molar-refractivity contribution in [3.63, 3.8) is 0 Å². The van der Waals surface area contributed by atoms with Crippen LogP contribution in [0.1, 0.15) is 29.7 Å². The van der Waals surface area contributed by atoms with Gasteiger partial charge in [0, 0.05) is 17.8 Å². The number of hydrogen-bond acceptors (Lipinski definition) is 3. The van der Waals surface area contributed by atoms with Crippen LogP contribution >= 0.6 is 0 Å². The summed E-state index contributed by atoms with van der Waals surface area (Å²) in [6, 6.07) is 17.3. The summed E-state index contributed by atoms with van der Waals surface area (Å²) in [6.45, 7) is 2.41. The number of rotatable bonds is 4. The highest BCUT2D eigenvalue weighted by Gasteiger charge is 2.06. The molecule has 19 heavy (non-hydrogen) atoms. The van der Waals surface area contributed by atoms with Gasteiger partial charge in [-0.1, -0.05) is 30.3 Å². The average Bonchev–Trinajstić information content (AvgIpc) is 2.46. The first-order chi connectivity index (χ1) is 9.20. The standard InChI is InChI=1S/C16H16N2O/c1-12(19)15-4-2-3-5-16(15)18-11-14-8-6-13(10-17)7-9-14/h2-9,12,18-19H,11H2,1H3. The second kappa shape index (κ2) is 6.03. The minimum Gasteiger partial charge on any atom is -0.389 e. The molecule has 2 N–H and O–H groups in total. The van der Waals surface area contributed by atoms with Crippen molar-refractivity contribution >= 4 is 5.69 Å². The first-order valence-electron chi connectivity index (χ1n) is 6.20. The zero-order valence-electron chi connectivity index (χ0n) is 10.8. The number of nitrogens with zero attached hydrogens (tertiary/aromatic N) is 1. The number of hydrogen-bond donors (Lipinski definition) is 2. The number of aliphatic hydroxyl groups excluding tert-OH is 1. The SMILES string of the molecule is CC(O)c1ccccc1NCc1ccc(C#N)cc1. The Balaban J connectivity index is 2.08. The highest BCUT2D eigenvalue weighted by molar-refractivity contribution is 5.52. The van der Waals surface area contributed by atoms with Gasteiger partial charge in [-0.05, 0) is 30.7 Å². The van der Waals surface area contributed by atoms with Gasteiger partial charge >= 0.3 is 0 Å². The Labute approximate surface area is 113 Å². The van der Waals surface area contributed by atoms with E-state index in [-0.39, 0.29) is 0 Å². The Morgan fingerprint density at radius 3 is 2.47 bits per heavy atom. The van der Waals surface area contributed by atoms with Crippen LogP contribution in [0.25, 0.3) is 0 Å². The second-order valence-electron chi connectivity index (χ2n) is 4.43. The van der Waals surface area contributed by atoms with Crippen molar-refractivity contribution in [3.8, 4) is 6.07 Å². The van der Waals surface area contributed by atoms with E-state index in [9.17, 15) is 5.11 Å². The lowest BCUT2D eigenvalue weighted by Crippen LogP contribution is -2.04. The molecule has 0 bridgehead atoms. The maximum Gasteiger partial charge on any atom is 0.0991 e. The molecule has 1 atom stereocenters. The van der Waals surface area contributed by atoms with Crippen LogP contribution in [0.4, 0.5) is 5.69 Å². The van der Waals surface area contributed by atoms with Crippen LogP contribution in [0.3, 0.4) is 0 Å². The minimum atomic E-state index is -0.496. The first kappa shape index (κ1) is 13.1. The number of anilines is 1. The molecule has 96 valence electrons. The number of nitriles is 1. The van der Waals surface area contributed by atoms with Crippen molar-refractivity contribution in [2.45, 2.75) is 19.6 Å². The first-order valence-corrected chi connectivity index (χ1v) is 6.20. The van der Waals surface area contributed by atoms with Gasteiger partial charge in [-0.3, -0.25) is 0 Å². The topological polar surface area (TPSA) is 56.0 Å². The Hall–Kier alpha value is -2.31. The Bertz CT molecular complexity index is 582. The highest BCUT2D eigenvalue weighted by Crippen LogP contribution is 2.22. The van der Waals surface area contributed by atoms with Crippen LogP contribution in [0.2, 0.25) is 0 Å². The molecule has 0 heterocycles. The predicted molar refractivity (Wildman–Crippen MR) is 75.6 cm³/mol. The smallest absolute Gasteiger partial charge is 0.0991 e. The van der Waals surface area contributed by atoms with Gasteiger partial charge < -0.3 is 10.4 Å². The fourth-order valence-corrected chi connectivity index (χ4v) is 1.92. The summed E-state index contributed by atoms with van der Waals surface area (Å²) in [6.07, 6.45) is -0.496. The molecule has 1 unspecified atom stereocenters. The van der Waals surface area contributed by atoms with Gasteiger partial charge in [-0.2, -0.15) is 5.26 Å². The van der Waals surface area contributed by atoms with Crippen molar-refractivity contribution in [1.29, 1.82) is 5.26 Å². The van der Waals surface area contributed by atoms with E-state index in [2.05, 4.69) is 11.4 Å². The van der Waals surface area contributed by atoms with Gasteiger partial charge in [0.2, 0.25) is 0 Å². The fourth-order valence-electron chi connectivity index (χ4n) is 1.92. The summed E-state index contributed by atoms with van der Waals surface area (Å²) in [4.78, 5) is 0. The third kappa shape index (κ3) is 3.34. The maximum atomic E-state index is 9.69. The minimum absolute atomic E-state index is 0.496. The van der Waals surface area contributed by atoms with Crippen molar-refractivity contribution in [2.75, 3.05) is 5.32 Å². The monoisotopic (exact) mass is 252 g/mol. The van der Waals surface area contributed by atoms with E-state index >= 15 is 0 Å². The molecule has 0 aliphatic heterocycles. The summed E-state index contributed by atoms with van der Waals surface area (Å²) in [7, 11) is 0. The average molecular weight is 252 g/mol. The molecular formula is C16H16N2O. The molecule has 2 rings (SSSR count). The maximum absolute atomic E-state index is 9.69. The summed E-state index contributed by atoms with van der Waals surface area (Å²) in [5, 5.41) is 21.7. The molecule has 0 spiro atoms. The predicted octanol–water partition coefficient (Wildman–Crippen LogP) is 3.22. The molecule has 3 nitrogen and oxygen atoms in total. The quantitative estimate of drug-likeness (QED) is 0.878. The number of aliphatic hydroxyl groups is 1. The van der Waals surface area contributed by atoms with E-state index in [1.54, 1.807) is 19.1 Å². The Morgan fingerprint density at radius 1 is 1.16 bits per heavy atom. The number of nitrogens with one attached hydrogen (secondary N) is 1. The van der Waals surface area contributed by atoms with Gasteiger partial charge in [-0.25, -0.2) is 0 Å². The van der Waals surface area contributed by atoms with Crippen LogP contribution in [0, 0.1) is 11.3 Å². The second-order valence-corrected chi connectivity index (χ2v) is 4.43. The van der Waals surface area contributed by atoms with Crippen molar-refractivity contribution in [3.05, 3.63) is 65.2 Å². The van der Waals surface area contributed by atoms with E-state index in [0.29, 0.717) is 12.1 Å². The molecule has 0 aliphatic rings. The molecule has 0 fully saturated rings. The van der Waals surface area contributed by atoms with E-state index in [4.69, 9.17) is 5.26 Å². The van der Waals surface area contributed by atoms with Gasteiger partial charge in [0.05, 0.1) is 17.7 Å². The molecule has 2 aromatic carbocycles. The lowest BCUT2D eigenvalue weighted by atomic mass is 10.1. The molecule has 0 amide bonds. The van der Waals surface area contributed by atoms with Crippen molar-refractivity contribution in [1.82, 2.24) is 0 Å². The van der Waals surface area contributed by atoms with Crippen molar-refractivity contribution < 1.29 is 5.11 Å². The largest absolute Gasteiger partial charge is 0.389 e. The van der Waals surface area contributed by atoms with E-state index in [1.165, 1.54) is 0 Å². The molecular weight excluding hydrogens is 236 g/mol. The lowest BCUT2D eigenvalue weighted by Gasteiger charge is -2.13. The zero-order valence-corrected chi connectivity index (χ0v) is 10.8. The summed E-state index contributed by atoms with van der Waals surface area (Å²) < 4.78 is 0. The van der Waals surface area contributed by atoms with Crippen LogP contribution in [0.15, 0.2) is 48.5 Å². The normalized spacial score (nSPS) is 11.6. The summed E-state index contributed by atoms with van der Waals surface area (Å²) >= 11 is 0. The van der Waals surface area contributed by atoms with Gasteiger partial charge in [0.15, 0.2) is 0 Å². The third-order valence-corrected chi connectivity index (χ3v) is 2.98. The molecule has 0 aliphatic carbocycles. The Kier molecular flexibility index (Phi) is 4.17. The van der Waals surface area contributed by atoms with E-state index in [1.807, 2.05) is 36.4 Å². The third-order valence-electron chi connectivity index (χ3n) is 2.98. The van der Waals surface area contributed by atoms with Crippen LogP contribution in [-0.2, 0) is 6.54 Å². The van der Waals surface area contributed by atoms with E-state index < -0.39 is 6.10 Å². The molecule has 0 saturated heterocycles. The lowest BCUT2D eigenvalue weighted by molar-refractivity contribution is 0.200. The molecule has 2 aromatic rings. The molecule has 3 heteroatoms. The van der Waals surface area contributed by atoms with Crippen LogP contribution in [0.5, 0.6) is 0 Å². The van der Waals surface area contributed by atoms with Crippen molar-refractivity contribution in [2.24, 2.45) is 0 Å². The van der Waals surface area contributed by atoms with Gasteiger partial charge in [-0.15, -0.1) is 0 Å². The van der Waals surface area contributed by atoms with Gasteiger partial charge in [0.25, 0.3) is 0 Å². The molecule has 0 saturated carbocycles. The van der Waals surface area contributed by atoms with Crippen LogP contribution in [-0.4, -0.2) is 5.11 Å². The van der Waals surface area contributed by atoms with E-state index in [0.717, 1.165) is 16.8 Å². The zero-order chi connectivity index (χ0) is 13.7. The van der Waals surface area contributed by atoms with Gasteiger partial charge in [0.1, 0.15) is 0 Å². The summed E-state index contributed by atoms with van der Waals surface area (Å²) in [5.41, 5.74) is 3.57. The number of benzene rings is 2. The molecule has 0 radical (unpaired) electrons. The molecule has 0 aromatic heterocycles. The number of para-hydroxylation sites is 1.